The second-order valence-electron chi connectivity index (χ2n) is 6.51. The van der Waals surface area contributed by atoms with E-state index in [0.717, 1.165) is 17.5 Å². The molecule has 0 bridgehead atoms. The number of sulfonamides is 1. The van der Waals surface area contributed by atoms with Crippen molar-refractivity contribution in [1.82, 2.24) is 4.31 Å². The Morgan fingerprint density at radius 2 is 1.81 bits per heavy atom. The molecule has 1 aliphatic rings. The number of anilines is 1. The molecule has 0 spiro atoms. The number of rotatable bonds is 4. The summed E-state index contributed by atoms with van der Waals surface area (Å²) in [4.78, 5) is 2.21. The molecule has 1 aliphatic heterocycles. The minimum Gasteiger partial charge on any atom is -0.497 e. The Bertz CT molecular complexity index is 884. The van der Waals surface area contributed by atoms with E-state index in [2.05, 4.69) is 4.90 Å². The number of nitrogens with zero attached hydrogens (tertiary/aromatic N) is 2. The highest BCUT2D eigenvalue weighted by atomic mass is 32.2. The number of hydrogen-bond donors (Lipinski definition) is 0. The average Bonchev–Trinajstić information content (AvgIpc) is 2.63. The number of ether oxygens (including phenoxy) is 1. The van der Waals surface area contributed by atoms with E-state index in [4.69, 9.17) is 4.74 Å². The lowest BCUT2D eigenvalue weighted by Crippen LogP contribution is -2.53. The van der Waals surface area contributed by atoms with Gasteiger partial charge in [0.05, 0.1) is 12.0 Å². The van der Waals surface area contributed by atoms with Crippen molar-refractivity contribution < 1.29 is 17.5 Å². The van der Waals surface area contributed by atoms with Gasteiger partial charge in [0, 0.05) is 31.4 Å². The second kappa shape index (κ2) is 7.25. The third kappa shape index (κ3) is 3.54. The maximum absolute atomic E-state index is 13.6. The number of methoxy groups -OCH3 is 1. The summed E-state index contributed by atoms with van der Waals surface area (Å²) in [5, 5.41) is 0. The first kappa shape index (κ1) is 18.7. The zero-order valence-corrected chi connectivity index (χ0v) is 16.0. The van der Waals surface area contributed by atoms with Crippen molar-refractivity contribution in [2.75, 3.05) is 31.6 Å². The van der Waals surface area contributed by atoms with Crippen molar-refractivity contribution in [2.24, 2.45) is 0 Å². The Labute approximate surface area is 154 Å². The quantitative estimate of drug-likeness (QED) is 0.821. The predicted molar refractivity (Wildman–Crippen MR) is 99.7 cm³/mol. The van der Waals surface area contributed by atoms with Gasteiger partial charge in [-0.3, -0.25) is 0 Å². The van der Waals surface area contributed by atoms with Crippen LogP contribution in [0.3, 0.4) is 0 Å². The molecular weight excluding hydrogens is 355 g/mol. The van der Waals surface area contributed by atoms with Gasteiger partial charge in [-0.15, -0.1) is 0 Å². The smallest absolute Gasteiger partial charge is 0.243 e. The summed E-state index contributed by atoms with van der Waals surface area (Å²) in [6.07, 6.45) is 0. The first-order chi connectivity index (χ1) is 12.3. The Hall–Kier alpha value is -2.12. The fourth-order valence-corrected chi connectivity index (χ4v) is 5.04. The predicted octanol–water partition coefficient (Wildman–Crippen LogP) is 3.04. The molecule has 1 heterocycles. The van der Waals surface area contributed by atoms with Gasteiger partial charge in [0.25, 0.3) is 0 Å². The number of piperazine rings is 1. The van der Waals surface area contributed by atoms with Crippen LogP contribution in [0.2, 0.25) is 0 Å². The molecule has 1 saturated heterocycles. The molecule has 26 heavy (non-hydrogen) atoms. The Morgan fingerprint density at radius 1 is 1.12 bits per heavy atom. The van der Waals surface area contributed by atoms with Crippen molar-refractivity contribution in [3.8, 4) is 5.75 Å². The lowest BCUT2D eigenvalue weighted by Gasteiger charge is -2.40. The first-order valence-electron chi connectivity index (χ1n) is 8.50. The van der Waals surface area contributed by atoms with E-state index in [9.17, 15) is 12.8 Å². The molecule has 2 aromatic rings. The minimum absolute atomic E-state index is 0.000727. The van der Waals surface area contributed by atoms with E-state index in [-0.39, 0.29) is 10.9 Å². The van der Waals surface area contributed by atoms with Crippen LogP contribution in [0.25, 0.3) is 0 Å². The van der Waals surface area contributed by atoms with Crippen LogP contribution in [-0.2, 0) is 10.0 Å². The van der Waals surface area contributed by atoms with Crippen LogP contribution in [-0.4, -0.2) is 45.5 Å². The van der Waals surface area contributed by atoms with Gasteiger partial charge in [0.15, 0.2) is 0 Å². The third-order valence-corrected chi connectivity index (χ3v) is 6.77. The molecule has 0 saturated carbocycles. The normalized spacial score (nSPS) is 18.8. The summed E-state index contributed by atoms with van der Waals surface area (Å²) in [7, 11) is -2.10. The van der Waals surface area contributed by atoms with Gasteiger partial charge >= 0.3 is 0 Å². The summed E-state index contributed by atoms with van der Waals surface area (Å²) in [6.45, 7) is 4.95. The standard InChI is InChI=1S/C19H23FN2O3S/c1-14-4-5-16(20)12-19(14)26(23,24)21-10-11-22(15(2)13-21)17-6-8-18(25-3)9-7-17/h4-9,12,15H,10-11,13H2,1-3H3. The summed E-state index contributed by atoms with van der Waals surface area (Å²) in [5.74, 6) is 0.239. The molecule has 0 N–H and O–H groups in total. The molecule has 0 aromatic heterocycles. The maximum atomic E-state index is 13.6. The van der Waals surface area contributed by atoms with E-state index in [1.807, 2.05) is 31.2 Å². The van der Waals surface area contributed by atoms with E-state index in [0.29, 0.717) is 25.2 Å². The largest absolute Gasteiger partial charge is 0.497 e. The Kier molecular flexibility index (Phi) is 5.20. The monoisotopic (exact) mass is 378 g/mol. The Morgan fingerprint density at radius 3 is 2.42 bits per heavy atom. The van der Waals surface area contributed by atoms with Crippen molar-refractivity contribution in [2.45, 2.75) is 24.8 Å². The lowest BCUT2D eigenvalue weighted by molar-refractivity contribution is 0.342. The molecule has 1 unspecified atom stereocenters. The summed E-state index contributed by atoms with van der Waals surface area (Å²) < 4.78 is 46.1. The second-order valence-corrected chi connectivity index (χ2v) is 8.42. The van der Waals surface area contributed by atoms with Crippen LogP contribution >= 0.6 is 0 Å². The Balaban J connectivity index is 1.80. The number of aryl methyl sites for hydroxylation is 1. The molecule has 0 amide bonds. The van der Waals surface area contributed by atoms with Crippen LogP contribution < -0.4 is 9.64 Å². The van der Waals surface area contributed by atoms with Crippen LogP contribution in [0, 0.1) is 12.7 Å². The summed E-state index contributed by atoms with van der Waals surface area (Å²) in [5.41, 5.74) is 1.58. The zero-order valence-electron chi connectivity index (χ0n) is 15.1. The van der Waals surface area contributed by atoms with E-state index in [1.54, 1.807) is 14.0 Å². The molecule has 1 atom stereocenters. The maximum Gasteiger partial charge on any atom is 0.243 e. The highest BCUT2D eigenvalue weighted by Crippen LogP contribution is 2.27. The van der Waals surface area contributed by atoms with Gasteiger partial charge in [-0.1, -0.05) is 6.07 Å². The summed E-state index contributed by atoms with van der Waals surface area (Å²) in [6, 6.07) is 11.6. The van der Waals surface area contributed by atoms with Crippen molar-refractivity contribution in [3.63, 3.8) is 0 Å². The molecule has 0 radical (unpaired) electrons. The fourth-order valence-electron chi connectivity index (χ4n) is 3.29. The molecule has 140 valence electrons. The molecule has 0 aliphatic carbocycles. The van der Waals surface area contributed by atoms with Gasteiger partial charge in [-0.2, -0.15) is 4.31 Å². The van der Waals surface area contributed by atoms with Crippen LogP contribution in [0.4, 0.5) is 10.1 Å². The van der Waals surface area contributed by atoms with Crippen molar-refractivity contribution in [1.29, 1.82) is 0 Å². The molecule has 7 heteroatoms. The molecule has 3 rings (SSSR count). The third-order valence-electron chi connectivity index (χ3n) is 4.76. The number of halogens is 1. The number of benzene rings is 2. The molecule has 5 nitrogen and oxygen atoms in total. The van der Waals surface area contributed by atoms with Crippen molar-refractivity contribution in [3.05, 3.63) is 53.8 Å². The van der Waals surface area contributed by atoms with E-state index in [1.165, 1.54) is 16.4 Å². The van der Waals surface area contributed by atoms with Gasteiger partial charge in [-0.05, 0) is 55.8 Å². The van der Waals surface area contributed by atoms with Crippen LogP contribution in [0.1, 0.15) is 12.5 Å². The highest BCUT2D eigenvalue weighted by molar-refractivity contribution is 7.89. The van der Waals surface area contributed by atoms with Gasteiger partial charge in [-0.25, -0.2) is 12.8 Å². The lowest BCUT2D eigenvalue weighted by atomic mass is 10.2. The SMILES string of the molecule is COc1ccc(N2CCN(S(=O)(=O)c3cc(F)ccc3C)CC2C)cc1. The first-order valence-corrected chi connectivity index (χ1v) is 9.94. The van der Waals surface area contributed by atoms with Gasteiger partial charge < -0.3 is 9.64 Å². The van der Waals surface area contributed by atoms with E-state index < -0.39 is 15.8 Å². The fraction of sp³-hybridized carbons (Fsp3) is 0.368. The average molecular weight is 378 g/mol. The molecule has 1 fully saturated rings. The zero-order chi connectivity index (χ0) is 18.9. The summed E-state index contributed by atoms with van der Waals surface area (Å²) >= 11 is 0. The van der Waals surface area contributed by atoms with Gasteiger partial charge in [0.1, 0.15) is 11.6 Å². The van der Waals surface area contributed by atoms with E-state index >= 15 is 0 Å². The van der Waals surface area contributed by atoms with Gasteiger partial charge in [0.2, 0.25) is 10.0 Å². The van der Waals surface area contributed by atoms with Crippen molar-refractivity contribution >= 4 is 15.7 Å². The van der Waals surface area contributed by atoms with Crippen LogP contribution in [0.5, 0.6) is 5.75 Å². The highest BCUT2D eigenvalue weighted by Gasteiger charge is 2.33. The topological polar surface area (TPSA) is 49.9 Å². The van der Waals surface area contributed by atoms with Crippen LogP contribution in [0.15, 0.2) is 47.4 Å². The molecule has 2 aromatic carbocycles. The number of hydrogen-bond acceptors (Lipinski definition) is 4. The minimum atomic E-state index is -3.72. The molecular formula is C19H23FN2O3S.